The summed E-state index contributed by atoms with van der Waals surface area (Å²) in [5.74, 6) is 0.941. The maximum Gasteiger partial charge on any atom is 0.119 e. The topological polar surface area (TPSA) is 15.7 Å². The van der Waals surface area contributed by atoms with Crippen molar-refractivity contribution >= 4 is 0 Å². The minimum Gasteiger partial charge on any atom is -0.492 e. The van der Waals surface area contributed by atoms with Gasteiger partial charge in [-0.2, -0.15) is 0 Å². The maximum atomic E-state index is 5.73. The van der Waals surface area contributed by atoms with Crippen molar-refractivity contribution in [3.05, 3.63) is 65.2 Å². The van der Waals surface area contributed by atoms with Crippen LogP contribution in [0.1, 0.15) is 16.7 Å². The van der Waals surface area contributed by atoms with Crippen LogP contribution in [-0.2, 0) is 13.1 Å². The van der Waals surface area contributed by atoms with E-state index in [0.717, 1.165) is 32.0 Å². The first-order valence-corrected chi connectivity index (χ1v) is 8.13. The van der Waals surface area contributed by atoms with E-state index in [1.54, 1.807) is 0 Å². The second-order valence-electron chi connectivity index (χ2n) is 6.45. The molecule has 0 aliphatic carbocycles. The third kappa shape index (κ3) is 6.43. The molecule has 2 rings (SSSR count). The van der Waals surface area contributed by atoms with E-state index in [1.165, 1.54) is 16.7 Å². The van der Waals surface area contributed by atoms with Crippen LogP contribution in [0.4, 0.5) is 0 Å². The summed E-state index contributed by atoms with van der Waals surface area (Å²) < 4.78 is 5.73. The zero-order chi connectivity index (χ0) is 16.7. The fourth-order valence-electron chi connectivity index (χ4n) is 2.41. The molecule has 3 heteroatoms. The van der Waals surface area contributed by atoms with Gasteiger partial charge < -0.3 is 9.64 Å². The number of nitrogens with zero attached hydrogens (tertiary/aromatic N) is 2. The molecule has 0 aliphatic heterocycles. The highest BCUT2D eigenvalue weighted by atomic mass is 16.5. The molecule has 0 heterocycles. The predicted octanol–water partition coefficient (Wildman–Crippen LogP) is 3.57. The van der Waals surface area contributed by atoms with E-state index in [-0.39, 0.29) is 0 Å². The Morgan fingerprint density at radius 2 is 1.30 bits per heavy atom. The summed E-state index contributed by atoms with van der Waals surface area (Å²) in [6.07, 6.45) is 0. The molecular formula is C20H28N2O. The lowest BCUT2D eigenvalue weighted by molar-refractivity contribution is 0.261. The Morgan fingerprint density at radius 1 is 0.783 bits per heavy atom. The number of ether oxygens (including phenoxy) is 1. The van der Waals surface area contributed by atoms with Gasteiger partial charge in [-0.1, -0.05) is 42.0 Å². The van der Waals surface area contributed by atoms with Gasteiger partial charge in [-0.25, -0.2) is 0 Å². The summed E-state index contributed by atoms with van der Waals surface area (Å²) in [5.41, 5.74) is 3.96. The van der Waals surface area contributed by atoms with Crippen LogP contribution in [-0.4, -0.2) is 44.1 Å². The molecule has 0 N–H and O–H groups in total. The van der Waals surface area contributed by atoms with Gasteiger partial charge in [-0.15, -0.1) is 0 Å². The minimum absolute atomic E-state index is 0.722. The average molecular weight is 312 g/mol. The summed E-state index contributed by atoms with van der Waals surface area (Å²) in [4.78, 5) is 4.45. The molecule has 2 aromatic rings. The quantitative estimate of drug-likeness (QED) is 0.741. The van der Waals surface area contributed by atoms with Crippen molar-refractivity contribution in [2.45, 2.75) is 20.0 Å². The summed E-state index contributed by atoms with van der Waals surface area (Å²) >= 11 is 0. The number of likely N-dealkylation sites (N-methyl/N-ethyl adjacent to an activating group) is 1. The second kappa shape index (κ2) is 8.70. The molecule has 0 aromatic heterocycles. The van der Waals surface area contributed by atoms with Crippen LogP contribution in [0.3, 0.4) is 0 Å². The van der Waals surface area contributed by atoms with Crippen molar-refractivity contribution < 1.29 is 4.74 Å². The fourth-order valence-corrected chi connectivity index (χ4v) is 2.41. The molecule has 0 bridgehead atoms. The number of benzene rings is 2. The summed E-state index contributed by atoms with van der Waals surface area (Å²) in [6, 6.07) is 17.2. The first-order valence-electron chi connectivity index (χ1n) is 8.13. The van der Waals surface area contributed by atoms with Gasteiger partial charge in [-0.05, 0) is 51.3 Å². The molecule has 0 unspecified atom stereocenters. The lowest BCUT2D eigenvalue weighted by Crippen LogP contribution is -2.19. The van der Waals surface area contributed by atoms with E-state index in [4.69, 9.17) is 4.74 Å². The van der Waals surface area contributed by atoms with Gasteiger partial charge in [0.2, 0.25) is 0 Å². The summed E-state index contributed by atoms with van der Waals surface area (Å²) in [5, 5.41) is 0. The molecule has 0 atom stereocenters. The largest absolute Gasteiger partial charge is 0.492 e. The first-order chi connectivity index (χ1) is 11.0. The highest BCUT2D eigenvalue weighted by Gasteiger charge is 2.03. The van der Waals surface area contributed by atoms with Gasteiger partial charge in [0.05, 0.1) is 0 Å². The molecule has 0 aliphatic rings. The van der Waals surface area contributed by atoms with Crippen molar-refractivity contribution in [3.8, 4) is 5.75 Å². The maximum absolute atomic E-state index is 5.73. The van der Waals surface area contributed by atoms with Gasteiger partial charge in [-0.3, -0.25) is 4.90 Å². The van der Waals surface area contributed by atoms with Crippen LogP contribution in [0, 0.1) is 6.92 Å². The van der Waals surface area contributed by atoms with E-state index < -0.39 is 0 Å². The van der Waals surface area contributed by atoms with Gasteiger partial charge >= 0.3 is 0 Å². The summed E-state index contributed by atoms with van der Waals surface area (Å²) in [7, 11) is 6.26. The Kier molecular flexibility index (Phi) is 6.63. The normalized spacial score (nSPS) is 11.2. The molecule has 0 spiro atoms. The number of rotatable bonds is 8. The molecule has 0 radical (unpaired) electrons. The van der Waals surface area contributed by atoms with Gasteiger partial charge in [0, 0.05) is 19.6 Å². The third-order valence-electron chi connectivity index (χ3n) is 3.76. The number of aryl methyl sites for hydroxylation is 1. The molecular weight excluding hydrogens is 284 g/mol. The fraction of sp³-hybridized carbons (Fsp3) is 0.400. The van der Waals surface area contributed by atoms with Crippen LogP contribution in [0.15, 0.2) is 48.5 Å². The molecule has 2 aromatic carbocycles. The molecule has 0 fully saturated rings. The molecule has 124 valence electrons. The number of hydrogen-bond acceptors (Lipinski definition) is 3. The molecule has 0 amide bonds. The van der Waals surface area contributed by atoms with E-state index in [9.17, 15) is 0 Å². The Hall–Kier alpha value is -1.84. The van der Waals surface area contributed by atoms with Gasteiger partial charge in [0.1, 0.15) is 12.4 Å². The third-order valence-corrected chi connectivity index (χ3v) is 3.76. The Balaban J connectivity index is 1.81. The number of hydrogen-bond donors (Lipinski definition) is 0. The van der Waals surface area contributed by atoms with Crippen LogP contribution < -0.4 is 4.74 Å². The summed E-state index contributed by atoms with van der Waals surface area (Å²) in [6.45, 7) is 5.67. The van der Waals surface area contributed by atoms with E-state index in [1.807, 2.05) is 0 Å². The smallest absolute Gasteiger partial charge is 0.119 e. The molecule has 0 saturated heterocycles. The van der Waals surface area contributed by atoms with Crippen LogP contribution in [0.5, 0.6) is 5.75 Å². The predicted molar refractivity (Wildman–Crippen MR) is 96.8 cm³/mol. The SMILES string of the molecule is Cc1ccc(CN(C)Cc2ccc(OCCN(C)C)cc2)cc1. The lowest BCUT2D eigenvalue weighted by Gasteiger charge is -2.17. The zero-order valence-corrected chi connectivity index (χ0v) is 14.7. The Morgan fingerprint density at radius 3 is 1.83 bits per heavy atom. The van der Waals surface area contributed by atoms with Crippen molar-refractivity contribution in [2.75, 3.05) is 34.3 Å². The molecule has 0 saturated carbocycles. The Bertz CT molecular complexity index is 576. The van der Waals surface area contributed by atoms with E-state index >= 15 is 0 Å². The monoisotopic (exact) mass is 312 g/mol. The van der Waals surface area contributed by atoms with Crippen molar-refractivity contribution in [3.63, 3.8) is 0 Å². The van der Waals surface area contributed by atoms with Gasteiger partial charge in [0.25, 0.3) is 0 Å². The van der Waals surface area contributed by atoms with Crippen molar-refractivity contribution in [1.82, 2.24) is 9.80 Å². The van der Waals surface area contributed by atoms with Crippen LogP contribution in [0.25, 0.3) is 0 Å². The molecule has 3 nitrogen and oxygen atoms in total. The Labute approximate surface area is 140 Å². The molecule has 23 heavy (non-hydrogen) atoms. The van der Waals surface area contributed by atoms with E-state index in [0.29, 0.717) is 0 Å². The second-order valence-corrected chi connectivity index (χ2v) is 6.45. The minimum atomic E-state index is 0.722. The van der Waals surface area contributed by atoms with Crippen molar-refractivity contribution in [1.29, 1.82) is 0 Å². The van der Waals surface area contributed by atoms with Crippen molar-refractivity contribution in [2.24, 2.45) is 0 Å². The standard InChI is InChI=1S/C20H28N2O/c1-17-5-7-18(8-6-17)15-22(4)16-19-9-11-20(12-10-19)23-14-13-21(2)3/h5-12H,13-16H2,1-4H3. The van der Waals surface area contributed by atoms with Gasteiger partial charge in [0.15, 0.2) is 0 Å². The van der Waals surface area contributed by atoms with E-state index in [2.05, 4.69) is 86.4 Å². The average Bonchev–Trinajstić information content (AvgIpc) is 2.51. The first kappa shape index (κ1) is 17.5. The van der Waals surface area contributed by atoms with Crippen LogP contribution >= 0.6 is 0 Å². The van der Waals surface area contributed by atoms with Crippen LogP contribution in [0.2, 0.25) is 0 Å². The highest BCUT2D eigenvalue weighted by Crippen LogP contribution is 2.14. The highest BCUT2D eigenvalue weighted by molar-refractivity contribution is 5.27. The zero-order valence-electron chi connectivity index (χ0n) is 14.7. The lowest BCUT2D eigenvalue weighted by atomic mass is 10.1.